The van der Waals surface area contributed by atoms with Crippen molar-refractivity contribution in [3.8, 4) is 0 Å². The predicted octanol–water partition coefficient (Wildman–Crippen LogP) is 1.94. The molecule has 1 fully saturated rings. The third-order valence-corrected chi connectivity index (χ3v) is 5.05. The van der Waals surface area contributed by atoms with Gasteiger partial charge in [-0.3, -0.25) is 10.1 Å². The van der Waals surface area contributed by atoms with Crippen molar-refractivity contribution >= 4 is 31.6 Å². The summed E-state index contributed by atoms with van der Waals surface area (Å²) in [6.45, 7) is -0.0609. The zero-order valence-electron chi connectivity index (χ0n) is 9.30. The molecule has 0 heterocycles. The highest BCUT2D eigenvalue weighted by molar-refractivity contribution is 9.10. The van der Waals surface area contributed by atoms with Gasteiger partial charge < -0.3 is 0 Å². The van der Waals surface area contributed by atoms with Crippen molar-refractivity contribution in [3.05, 3.63) is 38.3 Å². The lowest BCUT2D eigenvalue weighted by atomic mass is 10.2. The average Bonchev–Trinajstić information content (AvgIpc) is 3.10. The first-order chi connectivity index (χ1) is 8.40. The lowest BCUT2D eigenvalue weighted by molar-refractivity contribution is -0.385. The van der Waals surface area contributed by atoms with Crippen LogP contribution in [0, 0.1) is 10.1 Å². The number of nitrogens with one attached hydrogen (secondary N) is 1. The summed E-state index contributed by atoms with van der Waals surface area (Å²) in [5.74, 6) is 0. The fourth-order valence-corrected chi connectivity index (χ4v) is 3.31. The first-order valence-electron chi connectivity index (χ1n) is 5.31. The molecule has 18 heavy (non-hydrogen) atoms. The summed E-state index contributed by atoms with van der Waals surface area (Å²) in [5.41, 5.74) is 0.260. The summed E-state index contributed by atoms with van der Waals surface area (Å²) >= 11 is 3.21. The first-order valence-corrected chi connectivity index (χ1v) is 7.65. The normalized spacial score (nSPS) is 15.6. The highest BCUT2D eigenvalue weighted by atomic mass is 79.9. The van der Waals surface area contributed by atoms with Crippen molar-refractivity contribution in [2.75, 3.05) is 0 Å². The van der Waals surface area contributed by atoms with E-state index in [-0.39, 0.29) is 17.5 Å². The van der Waals surface area contributed by atoms with Crippen molar-refractivity contribution in [3.63, 3.8) is 0 Å². The van der Waals surface area contributed by atoms with E-state index in [1.165, 1.54) is 6.07 Å². The Morgan fingerprint density at radius 2 is 2.11 bits per heavy atom. The van der Waals surface area contributed by atoms with Gasteiger partial charge in [-0.05, 0) is 25.0 Å². The van der Waals surface area contributed by atoms with Crippen LogP contribution >= 0.6 is 15.9 Å². The van der Waals surface area contributed by atoms with Gasteiger partial charge in [-0.2, -0.15) is 0 Å². The van der Waals surface area contributed by atoms with Crippen LogP contribution < -0.4 is 4.72 Å². The van der Waals surface area contributed by atoms with Crippen LogP contribution in [0.2, 0.25) is 0 Å². The molecule has 2 rings (SSSR count). The van der Waals surface area contributed by atoms with Crippen LogP contribution in [0.5, 0.6) is 0 Å². The molecule has 1 aliphatic carbocycles. The van der Waals surface area contributed by atoms with E-state index in [4.69, 9.17) is 0 Å². The van der Waals surface area contributed by atoms with Crippen LogP contribution in [0.1, 0.15) is 18.4 Å². The summed E-state index contributed by atoms with van der Waals surface area (Å²) in [7, 11) is -3.33. The molecule has 0 unspecified atom stereocenters. The fraction of sp³-hybridized carbons (Fsp3) is 0.400. The maximum absolute atomic E-state index is 11.6. The number of nitro groups is 1. The molecule has 0 amide bonds. The summed E-state index contributed by atoms with van der Waals surface area (Å²) in [5, 5.41) is 10.5. The molecule has 0 bridgehead atoms. The van der Waals surface area contributed by atoms with Crippen molar-refractivity contribution < 1.29 is 13.3 Å². The van der Waals surface area contributed by atoms with Crippen LogP contribution in [-0.4, -0.2) is 18.6 Å². The van der Waals surface area contributed by atoms with E-state index in [9.17, 15) is 18.5 Å². The SMILES string of the molecule is O=[N+]([O-])c1ccc(Br)cc1CNS(=O)(=O)C1CC1. The molecule has 0 saturated heterocycles. The third kappa shape index (κ3) is 3.06. The van der Waals surface area contributed by atoms with Gasteiger partial charge in [-0.25, -0.2) is 13.1 Å². The number of nitrogens with zero attached hydrogens (tertiary/aromatic N) is 1. The molecule has 98 valence electrons. The Morgan fingerprint density at radius 3 is 2.67 bits per heavy atom. The maximum atomic E-state index is 11.6. The van der Waals surface area contributed by atoms with Crippen molar-refractivity contribution in [1.82, 2.24) is 4.72 Å². The van der Waals surface area contributed by atoms with E-state index < -0.39 is 14.9 Å². The number of rotatable bonds is 5. The quantitative estimate of drug-likeness (QED) is 0.658. The molecule has 6 nitrogen and oxygen atoms in total. The Balaban J connectivity index is 2.17. The third-order valence-electron chi connectivity index (χ3n) is 2.67. The van der Waals surface area contributed by atoms with Gasteiger partial charge in [-0.15, -0.1) is 0 Å². The van der Waals surface area contributed by atoms with Gasteiger partial charge in [0.15, 0.2) is 0 Å². The lowest BCUT2D eigenvalue weighted by Crippen LogP contribution is -2.27. The second-order valence-electron chi connectivity index (χ2n) is 4.10. The highest BCUT2D eigenvalue weighted by Gasteiger charge is 2.35. The minimum atomic E-state index is -3.33. The van der Waals surface area contributed by atoms with Crippen LogP contribution in [0.15, 0.2) is 22.7 Å². The summed E-state index contributed by atoms with van der Waals surface area (Å²) < 4.78 is 26.4. The number of sulfonamides is 1. The summed E-state index contributed by atoms with van der Waals surface area (Å²) in [6, 6.07) is 4.45. The molecule has 8 heteroatoms. The molecule has 1 aromatic rings. The second kappa shape index (κ2) is 4.94. The number of nitro benzene ring substituents is 1. The van der Waals surface area contributed by atoms with E-state index in [0.717, 1.165) is 0 Å². The zero-order valence-corrected chi connectivity index (χ0v) is 11.7. The Morgan fingerprint density at radius 1 is 1.44 bits per heavy atom. The molecule has 1 aliphatic rings. The van der Waals surface area contributed by atoms with Gasteiger partial charge in [-0.1, -0.05) is 15.9 Å². The Kier molecular flexibility index (Phi) is 3.69. The van der Waals surface area contributed by atoms with Crippen molar-refractivity contribution in [2.24, 2.45) is 0 Å². The van der Waals surface area contributed by atoms with Crippen LogP contribution in [0.4, 0.5) is 5.69 Å². The molecule has 1 aromatic carbocycles. The second-order valence-corrected chi connectivity index (χ2v) is 7.06. The molecule has 1 saturated carbocycles. The standard InChI is InChI=1S/C10H11BrN2O4S/c11-8-1-4-10(13(14)15)7(5-8)6-12-18(16,17)9-2-3-9/h1,4-5,9,12H,2-3,6H2. The average molecular weight is 335 g/mol. The highest BCUT2D eigenvalue weighted by Crippen LogP contribution is 2.28. The van der Waals surface area contributed by atoms with Gasteiger partial charge >= 0.3 is 0 Å². The molecule has 0 spiro atoms. The number of benzene rings is 1. The fourth-order valence-electron chi connectivity index (χ4n) is 1.55. The monoisotopic (exact) mass is 334 g/mol. The van der Waals surface area contributed by atoms with E-state index in [2.05, 4.69) is 20.7 Å². The Labute approximate surface area is 113 Å². The minimum absolute atomic E-state index is 0.0609. The van der Waals surface area contributed by atoms with E-state index in [1.807, 2.05) is 0 Å². The minimum Gasteiger partial charge on any atom is -0.258 e. The predicted molar refractivity (Wildman–Crippen MR) is 69.6 cm³/mol. The smallest absolute Gasteiger partial charge is 0.258 e. The topological polar surface area (TPSA) is 89.3 Å². The van der Waals surface area contributed by atoms with Crippen LogP contribution in [0.3, 0.4) is 0 Å². The molecule has 0 aromatic heterocycles. The Hall–Kier alpha value is -0.990. The van der Waals surface area contributed by atoms with Gasteiger partial charge in [0, 0.05) is 22.6 Å². The maximum Gasteiger partial charge on any atom is 0.273 e. The van der Waals surface area contributed by atoms with E-state index >= 15 is 0 Å². The van der Waals surface area contributed by atoms with Crippen LogP contribution in [-0.2, 0) is 16.6 Å². The van der Waals surface area contributed by atoms with Gasteiger partial charge in [0.05, 0.1) is 10.2 Å². The molecular formula is C10H11BrN2O4S. The molecule has 1 N–H and O–H groups in total. The lowest BCUT2D eigenvalue weighted by Gasteiger charge is -2.06. The largest absolute Gasteiger partial charge is 0.273 e. The van der Waals surface area contributed by atoms with E-state index in [1.54, 1.807) is 12.1 Å². The van der Waals surface area contributed by atoms with Crippen molar-refractivity contribution in [2.45, 2.75) is 24.6 Å². The number of hydrogen-bond acceptors (Lipinski definition) is 4. The summed E-state index contributed by atoms with van der Waals surface area (Å²) in [4.78, 5) is 10.3. The molecule has 0 atom stereocenters. The number of halogens is 1. The molecule has 0 aliphatic heterocycles. The molecule has 0 radical (unpaired) electrons. The van der Waals surface area contributed by atoms with Gasteiger partial charge in [0.2, 0.25) is 10.0 Å². The van der Waals surface area contributed by atoms with Gasteiger partial charge in [0.1, 0.15) is 0 Å². The van der Waals surface area contributed by atoms with Gasteiger partial charge in [0.25, 0.3) is 5.69 Å². The first kappa shape index (κ1) is 13.4. The molecular weight excluding hydrogens is 324 g/mol. The Bertz CT molecular complexity index is 584. The number of hydrogen-bond donors (Lipinski definition) is 1. The zero-order chi connectivity index (χ0) is 13.3. The van der Waals surface area contributed by atoms with E-state index in [0.29, 0.717) is 22.9 Å². The van der Waals surface area contributed by atoms with Crippen molar-refractivity contribution in [1.29, 1.82) is 0 Å². The van der Waals surface area contributed by atoms with Crippen LogP contribution in [0.25, 0.3) is 0 Å². The summed E-state index contributed by atoms with van der Waals surface area (Å²) in [6.07, 6.45) is 1.33.